The van der Waals surface area contributed by atoms with Gasteiger partial charge in [0.05, 0.1) is 0 Å². The molecule has 152 valence electrons. The van der Waals surface area contributed by atoms with Crippen molar-refractivity contribution in [2.24, 2.45) is 0 Å². The van der Waals surface area contributed by atoms with Crippen molar-refractivity contribution in [2.45, 2.75) is 79.1 Å². The number of aliphatic hydroxyl groups is 2. The molecule has 6 nitrogen and oxygen atoms in total. The Morgan fingerprint density at radius 1 is 0.577 bits per heavy atom. The van der Waals surface area contributed by atoms with Crippen molar-refractivity contribution in [3.05, 3.63) is 11.5 Å². The van der Waals surface area contributed by atoms with Crippen LogP contribution in [0.4, 0.5) is 0 Å². The molecule has 0 radical (unpaired) electrons. The number of amides is 2. The average molecular weight is 371 g/mol. The van der Waals surface area contributed by atoms with E-state index in [4.69, 9.17) is 0 Å². The summed E-state index contributed by atoms with van der Waals surface area (Å²) in [4.78, 5) is 28.1. The molecule has 6 heteroatoms. The van der Waals surface area contributed by atoms with E-state index < -0.39 is 23.3 Å². The third-order valence-electron chi connectivity index (χ3n) is 4.33. The van der Waals surface area contributed by atoms with Gasteiger partial charge in [0.1, 0.15) is 0 Å². The zero-order valence-electron chi connectivity index (χ0n) is 17.1. The molecule has 26 heavy (non-hydrogen) atoms. The maximum atomic E-state index is 12.5. The molecular formula is C20H38N2O4. The average Bonchev–Trinajstić information content (AvgIpc) is 2.66. The predicted octanol–water partition coefficient (Wildman–Crippen LogP) is 4.17. The monoisotopic (exact) mass is 370 g/mol. The summed E-state index contributed by atoms with van der Waals surface area (Å²) in [6.45, 7) is 10.1. The highest BCUT2D eigenvalue weighted by Gasteiger charge is 2.27. The Labute approximate surface area is 158 Å². The second-order valence-electron chi connectivity index (χ2n) is 6.70. The van der Waals surface area contributed by atoms with Gasteiger partial charge >= 0.3 is 0 Å². The number of hydrogen-bond acceptors (Lipinski definition) is 4. The van der Waals surface area contributed by atoms with Crippen LogP contribution >= 0.6 is 0 Å². The summed E-state index contributed by atoms with van der Waals surface area (Å²) in [7, 11) is 0. The summed E-state index contributed by atoms with van der Waals surface area (Å²) >= 11 is 0. The minimum absolute atomic E-state index is 0.510. The Morgan fingerprint density at radius 3 is 1.00 bits per heavy atom. The molecule has 0 bridgehead atoms. The summed E-state index contributed by atoms with van der Waals surface area (Å²) in [6, 6.07) is 0. The smallest absolute Gasteiger partial charge is 0.292 e. The zero-order valence-corrected chi connectivity index (χ0v) is 17.1. The van der Waals surface area contributed by atoms with E-state index in [9.17, 15) is 19.8 Å². The van der Waals surface area contributed by atoms with E-state index in [1.165, 1.54) is 9.80 Å². The van der Waals surface area contributed by atoms with Gasteiger partial charge in [0, 0.05) is 26.2 Å². The first-order valence-corrected chi connectivity index (χ1v) is 10.1. The van der Waals surface area contributed by atoms with Crippen molar-refractivity contribution < 1.29 is 19.8 Å². The molecule has 2 N–H and O–H groups in total. The Balaban J connectivity index is 5.27. The van der Waals surface area contributed by atoms with Gasteiger partial charge in [-0.05, 0) is 25.7 Å². The van der Waals surface area contributed by atoms with Crippen LogP contribution in [0.15, 0.2) is 11.5 Å². The van der Waals surface area contributed by atoms with Gasteiger partial charge in [0.15, 0.2) is 0 Å². The van der Waals surface area contributed by atoms with E-state index in [2.05, 4.69) is 0 Å². The second kappa shape index (κ2) is 14.4. The number of hydrogen-bond donors (Lipinski definition) is 2. The van der Waals surface area contributed by atoms with E-state index in [1.54, 1.807) is 0 Å². The van der Waals surface area contributed by atoms with Crippen LogP contribution in [0.2, 0.25) is 0 Å². The maximum Gasteiger partial charge on any atom is 0.292 e. The first-order valence-electron chi connectivity index (χ1n) is 10.1. The highest BCUT2D eigenvalue weighted by atomic mass is 16.3. The van der Waals surface area contributed by atoms with Gasteiger partial charge < -0.3 is 20.0 Å². The lowest BCUT2D eigenvalue weighted by Crippen LogP contribution is -2.38. The molecule has 0 aliphatic heterocycles. The molecule has 0 aromatic rings. The molecule has 0 saturated carbocycles. The molecule has 0 spiro atoms. The number of carbonyl (C=O) groups excluding carboxylic acids is 2. The number of unbranched alkanes of at least 4 members (excludes halogenated alkanes) is 4. The SMILES string of the molecule is CCCCN(CCCC)C(=O)C(O)=C(O)C(=O)N(CCCC)CCCC. The van der Waals surface area contributed by atoms with E-state index in [0.29, 0.717) is 26.2 Å². The topological polar surface area (TPSA) is 81.1 Å². The predicted molar refractivity (Wildman–Crippen MR) is 105 cm³/mol. The van der Waals surface area contributed by atoms with Crippen molar-refractivity contribution in [1.29, 1.82) is 0 Å². The Bertz CT molecular complexity index is 393. The van der Waals surface area contributed by atoms with E-state index in [0.717, 1.165) is 51.4 Å². The molecule has 0 aliphatic carbocycles. The van der Waals surface area contributed by atoms with Gasteiger partial charge in [-0.3, -0.25) is 9.59 Å². The molecule has 0 aromatic heterocycles. The van der Waals surface area contributed by atoms with Gasteiger partial charge in [0.25, 0.3) is 11.8 Å². The van der Waals surface area contributed by atoms with Gasteiger partial charge in [0.2, 0.25) is 11.5 Å². The molecular weight excluding hydrogens is 332 g/mol. The van der Waals surface area contributed by atoms with E-state index in [-0.39, 0.29) is 0 Å². The lowest BCUT2D eigenvalue weighted by molar-refractivity contribution is -0.134. The normalized spacial score (nSPS) is 11.8. The van der Waals surface area contributed by atoms with Gasteiger partial charge in [-0.2, -0.15) is 0 Å². The van der Waals surface area contributed by atoms with Crippen molar-refractivity contribution in [1.82, 2.24) is 9.80 Å². The van der Waals surface area contributed by atoms with Crippen LogP contribution in [0.1, 0.15) is 79.1 Å². The van der Waals surface area contributed by atoms with Gasteiger partial charge in [-0.25, -0.2) is 0 Å². The summed E-state index contributed by atoms with van der Waals surface area (Å²) < 4.78 is 0. The molecule has 0 aliphatic rings. The van der Waals surface area contributed by atoms with Crippen molar-refractivity contribution in [2.75, 3.05) is 26.2 Å². The highest BCUT2D eigenvalue weighted by molar-refractivity contribution is 6.01. The second-order valence-corrected chi connectivity index (χ2v) is 6.70. The molecule has 2 amide bonds. The fraction of sp³-hybridized carbons (Fsp3) is 0.800. The lowest BCUT2D eigenvalue weighted by Gasteiger charge is -2.24. The van der Waals surface area contributed by atoms with Crippen molar-refractivity contribution in [3.8, 4) is 0 Å². The molecule has 0 rings (SSSR count). The first-order chi connectivity index (χ1) is 12.4. The zero-order chi connectivity index (χ0) is 19.9. The summed E-state index contributed by atoms with van der Waals surface area (Å²) in [6.07, 6.45) is 6.96. The maximum absolute atomic E-state index is 12.5. The standard InChI is InChI=1S/C20H38N2O4/c1-5-9-13-21(14-10-6-2)19(25)17(23)18(24)20(26)22(15-11-7-3)16-12-8-4/h23-24H,5-16H2,1-4H3. The number of nitrogens with zero attached hydrogens (tertiary/aromatic N) is 2. The first kappa shape index (κ1) is 24.3. The van der Waals surface area contributed by atoms with Crippen LogP contribution in [0.5, 0.6) is 0 Å². The van der Waals surface area contributed by atoms with Gasteiger partial charge in [-0.1, -0.05) is 53.4 Å². The summed E-state index contributed by atoms with van der Waals surface area (Å²) in [5, 5.41) is 20.4. The minimum atomic E-state index is -0.833. The van der Waals surface area contributed by atoms with E-state index >= 15 is 0 Å². The molecule has 0 fully saturated rings. The third kappa shape index (κ3) is 8.59. The molecule has 0 atom stereocenters. The molecule has 0 saturated heterocycles. The van der Waals surface area contributed by atoms with Crippen LogP contribution in [-0.2, 0) is 9.59 Å². The Kier molecular flexibility index (Phi) is 13.5. The van der Waals surface area contributed by atoms with E-state index in [1.807, 2.05) is 27.7 Å². The Morgan fingerprint density at radius 2 is 0.808 bits per heavy atom. The van der Waals surface area contributed by atoms with Crippen LogP contribution in [0.3, 0.4) is 0 Å². The van der Waals surface area contributed by atoms with Crippen LogP contribution in [0.25, 0.3) is 0 Å². The van der Waals surface area contributed by atoms with Crippen molar-refractivity contribution in [3.63, 3.8) is 0 Å². The molecule has 0 aromatic carbocycles. The minimum Gasteiger partial charge on any atom is -0.500 e. The molecule has 0 heterocycles. The fourth-order valence-electron chi connectivity index (χ4n) is 2.53. The lowest BCUT2D eigenvalue weighted by atomic mass is 10.2. The third-order valence-corrected chi connectivity index (χ3v) is 4.33. The largest absolute Gasteiger partial charge is 0.500 e. The summed E-state index contributed by atoms with van der Waals surface area (Å²) in [5.41, 5.74) is 0. The van der Waals surface area contributed by atoms with Crippen molar-refractivity contribution >= 4 is 11.8 Å². The summed E-state index contributed by atoms with van der Waals surface area (Å²) in [5.74, 6) is -2.99. The molecule has 0 unspecified atom stereocenters. The number of carbonyl (C=O) groups is 2. The Hall–Kier alpha value is -1.72. The van der Waals surface area contributed by atoms with Crippen LogP contribution in [0, 0.1) is 0 Å². The quantitative estimate of drug-likeness (QED) is 0.355. The van der Waals surface area contributed by atoms with Crippen LogP contribution < -0.4 is 0 Å². The number of rotatable bonds is 14. The number of aliphatic hydroxyl groups excluding tert-OH is 2. The van der Waals surface area contributed by atoms with Crippen LogP contribution in [-0.4, -0.2) is 58.0 Å². The highest BCUT2D eigenvalue weighted by Crippen LogP contribution is 2.11. The fourth-order valence-corrected chi connectivity index (χ4v) is 2.53. The van der Waals surface area contributed by atoms with Gasteiger partial charge in [-0.15, -0.1) is 0 Å².